The minimum atomic E-state index is 1.02. The van der Waals surface area contributed by atoms with E-state index in [-0.39, 0.29) is 0 Å². The van der Waals surface area contributed by atoms with E-state index >= 15 is 0 Å². The van der Waals surface area contributed by atoms with Gasteiger partial charge in [-0.3, -0.25) is 0 Å². The van der Waals surface area contributed by atoms with Gasteiger partial charge in [0.1, 0.15) is 6.33 Å². The zero-order chi connectivity index (χ0) is 10.5. The molecule has 5 heteroatoms. The van der Waals surface area contributed by atoms with Crippen molar-refractivity contribution in [1.29, 1.82) is 0 Å². The van der Waals surface area contributed by atoms with Gasteiger partial charge >= 0.3 is 0 Å². The van der Waals surface area contributed by atoms with E-state index in [1.54, 1.807) is 18.1 Å². The Hall–Kier alpha value is -0.550. The summed E-state index contributed by atoms with van der Waals surface area (Å²) in [7, 11) is 1.99. The summed E-state index contributed by atoms with van der Waals surface area (Å²) < 4.78 is 1.97. The highest BCUT2D eigenvalue weighted by molar-refractivity contribution is 7.99. The van der Waals surface area contributed by atoms with Crippen molar-refractivity contribution >= 4 is 11.8 Å². The summed E-state index contributed by atoms with van der Waals surface area (Å²) in [4.78, 5) is 2.55. The average molecular weight is 226 g/mol. The third-order valence-electron chi connectivity index (χ3n) is 2.72. The van der Waals surface area contributed by atoms with Crippen LogP contribution in [0.2, 0.25) is 0 Å². The second kappa shape index (κ2) is 5.51. The average Bonchev–Trinajstić information content (AvgIpc) is 2.85. The minimum Gasteiger partial charge on any atom is -0.312 e. The molecule has 1 fully saturated rings. The standard InChI is InChI=1S/C10H18N4S/c1-13-9-11-12-10(13)15-8-4-7-14-5-2-3-6-14/h9H,2-8H2,1H3. The molecule has 4 nitrogen and oxygen atoms in total. The highest BCUT2D eigenvalue weighted by Crippen LogP contribution is 2.15. The molecule has 1 saturated heterocycles. The number of aryl methyl sites for hydroxylation is 1. The molecule has 1 aliphatic rings. The van der Waals surface area contributed by atoms with Crippen molar-refractivity contribution in [2.24, 2.45) is 7.05 Å². The molecule has 1 aliphatic heterocycles. The first kappa shape index (κ1) is 11.0. The number of nitrogens with zero attached hydrogens (tertiary/aromatic N) is 4. The predicted octanol–water partition coefficient (Wildman–Crippen LogP) is 1.39. The number of thioether (sulfide) groups is 1. The Morgan fingerprint density at radius 1 is 1.40 bits per heavy atom. The van der Waals surface area contributed by atoms with Crippen molar-refractivity contribution in [2.75, 3.05) is 25.4 Å². The summed E-state index contributed by atoms with van der Waals surface area (Å²) in [5.41, 5.74) is 0. The summed E-state index contributed by atoms with van der Waals surface area (Å²) in [5.74, 6) is 1.14. The lowest BCUT2D eigenvalue weighted by Gasteiger charge is -2.13. The van der Waals surface area contributed by atoms with Crippen LogP contribution >= 0.6 is 11.8 Å². The second-order valence-electron chi connectivity index (χ2n) is 3.98. The lowest BCUT2D eigenvalue weighted by molar-refractivity contribution is 0.341. The van der Waals surface area contributed by atoms with Gasteiger partial charge in [0, 0.05) is 12.8 Å². The molecule has 2 rings (SSSR count). The van der Waals surface area contributed by atoms with E-state index in [2.05, 4.69) is 15.1 Å². The fourth-order valence-electron chi connectivity index (χ4n) is 1.86. The first-order valence-electron chi connectivity index (χ1n) is 5.55. The van der Waals surface area contributed by atoms with Crippen LogP contribution in [0, 0.1) is 0 Å². The highest BCUT2D eigenvalue weighted by atomic mass is 32.2. The first-order chi connectivity index (χ1) is 7.36. The van der Waals surface area contributed by atoms with Gasteiger partial charge in [0.25, 0.3) is 0 Å². The van der Waals surface area contributed by atoms with E-state index in [9.17, 15) is 0 Å². The molecule has 0 radical (unpaired) electrons. The van der Waals surface area contributed by atoms with E-state index in [1.165, 1.54) is 38.9 Å². The van der Waals surface area contributed by atoms with Crippen LogP contribution in [0.15, 0.2) is 11.5 Å². The zero-order valence-corrected chi connectivity index (χ0v) is 10.0. The number of hydrogen-bond donors (Lipinski definition) is 0. The molecule has 0 unspecified atom stereocenters. The Balaban J connectivity index is 1.60. The van der Waals surface area contributed by atoms with E-state index in [0.29, 0.717) is 0 Å². The molecular formula is C10H18N4S. The molecule has 1 aromatic rings. The Kier molecular flexibility index (Phi) is 4.02. The molecule has 0 saturated carbocycles. The topological polar surface area (TPSA) is 34.0 Å². The monoisotopic (exact) mass is 226 g/mol. The summed E-state index contributed by atoms with van der Waals surface area (Å²) in [6.45, 7) is 3.84. The van der Waals surface area contributed by atoms with Gasteiger partial charge < -0.3 is 9.47 Å². The molecule has 0 aliphatic carbocycles. The largest absolute Gasteiger partial charge is 0.312 e. The van der Waals surface area contributed by atoms with Crippen molar-refractivity contribution < 1.29 is 0 Å². The Morgan fingerprint density at radius 3 is 2.87 bits per heavy atom. The van der Waals surface area contributed by atoms with Crippen LogP contribution in [-0.4, -0.2) is 45.1 Å². The van der Waals surface area contributed by atoms with Crippen molar-refractivity contribution in [2.45, 2.75) is 24.4 Å². The number of hydrogen-bond acceptors (Lipinski definition) is 4. The van der Waals surface area contributed by atoms with Crippen LogP contribution in [-0.2, 0) is 7.05 Å². The fourth-order valence-corrected chi connectivity index (χ4v) is 2.67. The molecule has 0 atom stereocenters. The van der Waals surface area contributed by atoms with E-state index in [4.69, 9.17) is 0 Å². The lowest BCUT2D eigenvalue weighted by Crippen LogP contribution is -2.20. The van der Waals surface area contributed by atoms with Gasteiger partial charge in [-0.05, 0) is 38.9 Å². The van der Waals surface area contributed by atoms with E-state index in [1.807, 2.05) is 11.6 Å². The maximum atomic E-state index is 4.05. The predicted molar refractivity (Wildman–Crippen MR) is 62.0 cm³/mol. The van der Waals surface area contributed by atoms with Crippen molar-refractivity contribution in [1.82, 2.24) is 19.7 Å². The quantitative estimate of drug-likeness (QED) is 0.561. The Morgan fingerprint density at radius 2 is 2.20 bits per heavy atom. The van der Waals surface area contributed by atoms with Crippen LogP contribution in [0.4, 0.5) is 0 Å². The third-order valence-corrected chi connectivity index (χ3v) is 3.84. The van der Waals surface area contributed by atoms with Gasteiger partial charge in [0.05, 0.1) is 0 Å². The second-order valence-corrected chi connectivity index (χ2v) is 5.04. The Labute approximate surface area is 95.1 Å². The number of aromatic nitrogens is 3. The lowest BCUT2D eigenvalue weighted by atomic mass is 10.4. The summed E-state index contributed by atoms with van der Waals surface area (Å²) >= 11 is 1.80. The van der Waals surface area contributed by atoms with Gasteiger partial charge in [-0.15, -0.1) is 10.2 Å². The third kappa shape index (κ3) is 3.21. The van der Waals surface area contributed by atoms with Gasteiger partial charge in [-0.2, -0.15) is 0 Å². The molecule has 0 N–H and O–H groups in total. The van der Waals surface area contributed by atoms with E-state index < -0.39 is 0 Å². The van der Waals surface area contributed by atoms with Crippen molar-refractivity contribution in [3.8, 4) is 0 Å². The molecule has 0 spiro atoms. The molecule has 1 aromatic heterocycles. The Bertz CT molecular complexity index is 293. The van der Waals surface area contributed by atoms with Crippen LogP contribution in [0.1, 0.15) is 19.3 Å². The first-order valence-corrected chi connectivity index (χ1v) is 6.54. The smallest absolute Gasteiger partial charge is 0.190 e. The molecule has 2 heterocycles. The summed E-state index contributed by atoms with van der Waals surface area (Å²) in [5, 5.41) is 8.93. The minimum absolute atomic E-state index is 1.02. The molecular weight excluding hydrogens is 208 g/mol. The normalized spacial score (nSPS) is 17.4. The van der Waals surface area contributed by atoms with Gasteiger partial charge in [-0.1, -0.05) is 11.8 Å². The highest BCUT2D eigenvalue weighted by Gasteiger charge is 2.10. The van der Waals surface area contributed by atoms with Gasteiger partial charge in [-0.25, -0.2) is 0 Å². The van der Waals surface area contributed by atoms with Crippen molar-refractivity contribution in [3.05, 3.63) is 6.33 Å². The fraction of sp³-hybridized carbons (Fsp3) is 0.800. The van der Waals surface area contributed by atoms with Crippen LogP contribution < -0.4 is 0 Å². The van der Waals surface area contributed by atoms with Crippen LogP contribution in [0.25, 0.3) is 0 Å². The summed E-state index contributed by atoms with van der Waals surface area (Å²) in [6.07, 6.45) is 5.77. The van der Waals surface area contributed by atoms with Crippen LogP contribution in [0.3, 0.4) is 0 Å². The van der Waals surface area contributed by atoms with Crippen molar-refractivity contribution in [3.63, 3.8) is 0 Å². The number of likely N-dealkylation sites (tertiary alicyclic amines) is 1. The molecule has 0 amide bonds. The SMILES string of the molecule is Cn1cnnc1SCCCN1CCCC1. The van der Waals surface area contributed by atoms with Gasteiger partial charge in [0.2, 0.25) is 0 Å². The molecule has 0 bridgehead atoms. The molecule has 15 heavy (non-hydrogen) atoms. The molecule has 84 valence electrons. The van der Waals surface area contributed by atoms with E-state index in [0.717, 1.165) is 10.9 Å². The maximum Gasteiger partial charge on any atom is 0.190 e. The zero-order valence-electron chi connectivity index (χ0n) is 9.22. The van der Waals surface area contributed by atoms with Crippen LogP contribution in [0.5, 0.6) is 0 Å². The maximum absolute atomic E-state index is 4.05. The number of rotatable bonds is 5. The summed E-state index contributed by atoms with van der Waals surface area (Å²) in [6, 6.07) is 0. The van der Waals surface area contributed by atoms with Gasteiger partial charge in [0.15, 0.2) is 5.16 Å². The molecule has 0 aromatic carbocycles.